The van der Waals surface area contributed by atoms with Crippen molar-refractivity contribution in [1.29, 1.82) is 0 Å². The van der Waals surface area contributed by atoms with Gasteiger partial charge in [-0.15, -0.1) is 10.2 Å². The first-order valence-corrected chi connectivity index (χ1v) is 10.6. The summed E-state index contributed by atoms with van der Waals surface area (Å²) in [5.41, 5.74) is 2.74. The Labute approximate surface area is 182 Å². The number of rotatable bonds is 2. The van der Waals surface area contributed by atoms with Crippen molar-refractivity contribution in [3.63, 3.8) is 0 Å². The molecule has 1 amide bonds. The minimum Gasteiger partial charge on any atom is -0.507 e. The summed E-state index contributed by atoms with van der Waals surface area (Å²) < 4.78 is 11.5. The molecule has 1 aromatic heterocycles. The van der Waals surface area contributed by atoms with E-state index in [1.54, 1.807) is 11.0 Å². The maximum atomic E-state index is 12.5. The first-order chi connectivity index (χ1) is 14.6. The fourth-order valence-corrected chi connectivity index (χ4v) is 4.34. The van der Waals surface area contributed by atoms with Crippen LogP contribution in [0, 0.1) is 13.8 Å². The largest absolute Gasteiger partial charge is 0.507 e. The molecule has 0 bridgehead atoms. The molecule has 31 heavy (non-hydrogen) atoms. The molecule has 2 aromatic rings. The molecule has 2 aliphatic heterocycles. The Hall–Kier alpha value is -2.87. The molecule has 0 saturated carbocycles. The number of aromatic nitrogens is 2. The number of carbonyl (C=O) groups is 1. The summed E-state index contributed by atoms with van der Waals surface area (Å²) in [5.74, 6) is 0.937. The van der Waals surface area contributed by atoms with E-state index in [9.17, 15) is 9.90 Å². The standard InChI is InChI=1S/C23H30N4O4/c1-14-10-15(2)21(18(28)11-14)16-6-7-20(25-24-16)27-8-9-30-19-13-26(12-17(19)27)22(29)31-23(3,4)5/h6-7,10-11,17,19,28H,8-9,12-13H2,1-5H3/t17-,19-/m1/s1. The van der Waals surface area contributed by atoms with Crippen LogP contribution in [0.5, 0.6) is 5.75 Å². The highest BCUT2D eigenvalue weighted by Crippen LogP contribution is 2.33. The van der Waals surface area contributed by atoms with E-state index < -0.39 is 5.60 Å². The second kappa shape index (κ2) is 8.00. The third kappa shape index (κ3) is 4.44. The lowest BCUT2D eigenvalue weighted by Crippen LogP contribution is -2.51. The Morgan fingerprint density at radius 1 is 1.19 bits per heavy atom. The summed E-state index contributed by atoms with van der Waals surface area (Å²) >= 11 is 0. The highest BCUT2D eigenvalue weighted by molar-refractivity contribution is 5.71. The predicted octanol–water partition coefficient (Wildman–Crippen LogP) is 3.29. The van der Waals surface area contributed by atoms with Crippen molar-refractivity contribution in [2.24, 2.45) is 0 Å². The van der Waals surface area contributed by atoms with Crippen molar-refractivity contribution in [2.75, 3.05) is 31.1 Å². The van der Waals surface area contributed by atoms with Crippen molar-refractivity contribution in [3.05, 3.63) is 35.4 Å². The van der Waals surface area contributed by atoms with Gasteiger partial charge in [-0.2, -0.15) is 0 Å². The molecule has 0 spiro atoms. The predicted molar refractivity (Wildman–Crippen MR) is 117 cm³/mol. The monoisotopic (exact) mass is 426 g/mol. The fraction of sp³-hybridized carbons (Fsp3) is 0.522. The van der Waals surface area contributed by atoms with Gasteiger partial charge in [-0.3, -0.25) is 0 Å². The highest BCUT2D eigenvalue weighted by Gasteiger charge is 2.43. The third-order valence-corrected chi connectivity index (χ3v) is 5.61. The molecule has 4 rings (SSSR count). The van der Waals surface area contributed by atoms with Crippen molar-refractivity contribution in [1.82, 2.24) is 15.1 Å². The van der Waals surface area contributed by atoms with Gasteiger partial charge in [-0.25, -0.2) is 4.79 Å². The number of anilines is 1. The van der Waals surface area contributed by atoms with Gasteiger partial charge < -0.3 is 24.4 Å². The quantitative estimate of drug-likeness (QED) is 0.788. The molecule has 1 aromatic carbocycles. The number of morpholine rings is 1. The normalized spacial score (nSPS) is 21.2. The van der Waals surface area contributed by atoms with E-state index >= 15 is 0 Å². The molecule has 2 saturated heterocycles. The number of phenolic OH excluding ortho intramolecular Hbond substituents is 1. The number of benzene rings is 1. The van der Waals surface area contributed by atoms with Crippen LogP contribution in [0.2, 0.25) is 0 Å². The average Bonchev–Trinajstić information content (AvgIpc) is 3.11. The number of carbonyl (C=O) groups excluding carboxylic acids is 1. The van der Waals surface area contributed by atoms with Crippen molar-refractivity contribution in [3.8, 4) is 17.0 Å². The first kappa shape index (κ1) is 21.4. The van der Waals surface area contributed by atoms with Gasteiger partial charge in [0.25, 0.3) is 0 Å². The Morgan fingerprint density at radius 2 is 1.97 bits per heavy atom. The van der Waals surface area contributed by atoms with Gasteiger partial charge >= 0.3 is 6.09 Å². The lowest BCUT2D eigenvalue weighted by molar-refractivity contribution is 0.0162. The van der Waals surface area contributed by atoms with Crippen LogP contribution in [-0.4, -0.2) is 70.3 Å². The van der Waals surface area contributed by atoms with Crippen LogP contribution in [0.1, 0.15) is 31.9 Å². The Kier molecular flexibility index (Phi) is 5.51. The molecule has 3 heterocycles. The lowest BCUT2D eigenvalue weighted by atomic mass is 10.0. The van der Waals surface area contributed by atoms with Gasteiger partial charge in [0.1, 0.15) is 11.4 Å². The Morgan fingerprint density at radius 3 is 2.61 bits per heavy atom. The van der Waals surface area contributed by atoms with Crippen LogP contribution < -0.4 is 4.90 Å². The molecular formula is C23H30N4O4. The molecule has 0 radical (unpaired) electrons. The van der Waals surface area contributed by atoms with Crippen molar-refractivity contribution in [2.45, 2.75) is 52.4 Å². The van der Waals surface area contributed by atoms with Gasteiger partial charge in [-0.1, -0.05) is 6.07 Å². The van der Waals surface area contributed by atoms with Crippen LogP contribution in [0.3, 0.4) is 0 Å². The van der Waals surface area contributed by atoms with Gasteiger partial charge in [0, 0.05) is 18.7 Å². The van der Waals surface area contributed by atoms with Crippen LogP contribution in [0.15, 0.2) is 24.3 Å². The summed E-state index contributed by atoms with van der Waals surface area (Å²) in [7, 11) is 0. The zero-order valence-corrected chi connectivity index (χ0v) is 18.8. The van der Waals surface area contributed by atoms with Gasteiger partial charge in [0.2, 0.25) is 0 Å². The molecule has 2 fully saturated rings. The maximum absolute atomic E-state index is 12.5. The van der Waals surface area contributed by atoms with E-state index in [2.05, 4.69) is 15.1 Å². The fourth-order valence-electron chi connectivity index (χ4n) is 4.34. The zero-order chi connectivity index (χ0) is 22.3. The van der Waals surface area contributed by atoms with Gasteiger partial charge in [0.05, 0.1) is 31.0 Å². The SMILES string of the molecule is Cc1cc(C)c(-c2ccc(N3CCO[C@@H]4CN(C(=O)OC(C)(C)C)C[C@H]43)nn2)c(O)c1. The number of fused-ring (bicyclic) bond motifs is 1. The molecular weight excluding hydrogens is 396 g/mol. The second-order valence-corrected chi connectivity index (χ2v) is 9.31. The number of hydrogen-bond donors (Lipinski definition) is 1. The van der Waals surface area contributed by atoms with Crippen LogP contribution >= 0.6 is 0 Å². The number of likely N-dealkylation sites (tertiary alicyclic amines) is 1. The number of ether oxygens (including phenoxy) is 2. The van der Waals surface area contributed by atoms with E-state index in [-0.39, 0.29) is 24.0 Å². The summed E-state index contributed by atoms with van der Waals surface area (Å²) in [6, 6.07) is 7.54. The lowest BCUT2D eigenvalue weighted by Gasteiger charge is -2.37. The molecule has 2 atom stereocenters. The number of amides is 1. The van der Waals surface area contributed by atoms with Gasteiger partial charge in [-0.05, 0) is 63.9 Å². The average molecular weight is 427 g/mol. The van der Waals surface area contributed by atoms with E-state index in [4.69, 9.17) is 9.47 Å². The molecule has 8 heteroatoms. The third-order valence-electron chi connectivity index (χ3n) is 5.61. The molecule has 1 N–H and O–H groups in total. The minimum atomic E-state index is -0.535. The highest BCUT2D eigenvalue weighted by atomic mass is 16.6. The topological polar surface area (TPSA) is 88.0 Å². The Balaban J connectivity index is 1.53. The zero-order valence-electron chi connectivity index (χ0n) is 18.8. The van der Waals surface area contributed by atoms with E-state index in [1.165, 1.54) is 0 Å². The molecule has 8 nitrogen and oxygen atoms in total. The van der Waals surface area contributed by atoms with Crippen molar-refractivity contribution < 1.29 is 19.4 Å². The van der Waals surface area contributed by atoms with Crippen LogP contribution in [-0.2, 0) is 9.47 Å². The second-order valence-electron chi connectivity index (χ2n) is 9.31. The van der Waals surface area contributed by atoms with Crippen LogP contribution in [0.25, 0.3) is 11.3 Å². The number of aryl methyl sites for hydroxylation is 2. The number of hydrogen-bond acceptors (Lipinski definition) is 7. The first-order valence-electron chi connectivity index (χ1n) is 10.6. The van der Waals surface area contributed by atoms with Crippen molar-refractivity contribution >= 4 is 11.9 Å². The van der Waals surface area contributed by atoms with Crippen LogP contribution in [0.4, 0.5) is 10.6 Å². The minimum absolute atomic E-state index is 0.00377. The summed E-state index contributed by atoms with van der Waals surface area (Å²) in [5, 5.41) is 19.2. The summed E-state index contributed by atoms with van der Waals surface area (Å²) in [6.45, 7) is 11.7. The Bertz CT molecular complexity index is 948. The van der Waals surface area contributed by atoms with E-state index in [0.29, 0.717) is 37.5 Å². The number of nitrogens with zero attached hydrogens (tertiary/aromatic N) is 4. The number of aromatic hydroxyl groups is 1. The summed E-state index contributed by atoms with van der Waals surface area (Å²) in [4.78, 5) is 16.4. The van der Waals surface area contributed by atoms with E-state index in [0.717, 1.165) is 16.9 Å². The molecule has 2 aliphatic rings. The van der Waals surface area contributed by atoms with E-state index in [1.807, 2.05) is 52.8 Å². The molecule has 166 valence electrons. The summed E-state index contributed by atoms with van der Waals surface area (Å²) in [6.07, 6.45) is -0.414. The number of phenols is 1. The molecule has 0 unspecified atom stereocenters. The molecule has 0 aliphatic carbocycles. The maximum Gasteiger partial charge on any atom is 0.410 e. The smallest absolute Gasteiger partial charge is 0.410 e. The van der Waals surface area contributed by atoms with Gasteiger partial charge in [0.15, 0.2) is 5.82 Å².